The van der Waals surface area contributed by atoms with E-state index in [1.165, 1.54) is 25.7 Å². The molecule has 3 rings (SSSR count). The third-order valence-electron chi connectivity index (χ3n) is 5.12. The summed E-state index contributed by atoms with van der Waals surface area (Å²) in [4.78, 5) is 4.19. The Kier molecular flexibility index (Phi) is 3.91. The summed E-state index contributed by atoms with van der Waals surface area (Å²) in [6, 6.07) is 2.48. The Morgan fingerprint density at radius 1 is 1.45 bits per heavy atom. The first-order valence-corrected chi connectivity index (χ1v) is 8.04. The van der Waals surface area contributed by atoms with Gasteiger partial charge in [0.1, 0.15) is 0 Å². The summed E-state index contributed by atoms with van der Waals surface area (Å²) in [6.45, 7) is 4.98. The number of aromatic nitrogens is 1. The molecule has 0 saturated heterocycles. The van der Waals surface area contributed by atoms with Gasteiger partial charge in [-0.15, -0.1) is 0 Å². The van der Waals surface area contributed by atoms with Crippen LogP contribution in [0.15, 0.2) is 12.3 Å². The Morgan fingerprint density at radius 3 is 2.85 bits per heavy atom. The first-order valence-electron chi connectivity index (χ1n) is 7.66. The predicted molar refractivity (Wildman–Crippen MR) is 82.3 cm³/mol. The molecule has 1 spiro atoms. The number of aryl methyl sites for hydroxylation is 1. The molecule has 0 amide bonds. The van der Waals surface area contributed by atoms with E-state index in [4.69, 9.17) is 16.3 Å². The maximum atomic E-state index is 6.24. The second-order valence-corrected chi connectivity index (χ2v) is 6.47. The molecule has 2 fully saturated rings. The largest absolute Gasteiger partial charge is 0.379 e. The van der Waals surface area contributed by atoms with Crippen LogP contribution < -0.4 is 5.32 Å². The Hall–Kier alpha value is -0.800. The Morgan fingerprint density at radius 2 is 2.20 bits per heavy atom. The number of anilines is 1. The zero-order valence-electron chi connectivity index (χ0n) is 12.3. The molecule has 2 aliphatic rings. The summed E-state index contributed by atoms with van der Waals surface area (Å²) < 4.78 is 5.96. The van der Waals surface area contributed by atoms with Gasteiger partial charge in [-0.2, -0.15) is 0 Å². The van der Waals surface area contributed by atoms with Crippen molar-refractivity contribution in [3.05, 3.63) is 23.0 Å². The molecule has 3 nitrogen and oxygen atoms in total. The summed E-state index contributed by atoms with van der Waals surface area (Å²) >= 11 is 6.24. The summed E-state index contributed by atoms with van der Waals surface area (Å²) in [6.07, 6.45) is 8.45. The molecule has 20 heavy (non-hydrogen) atoms. The average molecular weight is 295 g/mol. The minimum absolute atomic E-state index is 0.321. The van der Waals surface area contributed by atoms with E-state index < -0.39 is 0 Å². The standard InChI is InChI=1S/C16H23ClN2O/c1-3-20-13-10-12(16(13)7-4-5-8-16)19-14-11(2)6-9-18-15(14)17/h6,9,12-13,19H,3-5,7-8,10H2,1-2H3. The lowest BCUT2D eigenvalue weighted by atomic mass is 9.60. The van der Waals surface area contributed by atoms with E-state index in [-0.39, 0.29) is 0 Å². The molecule has 2 saturated carbocycles. The first-order chi connectivity index (χ1) is 9.67. The normalized spacial score (nSPS) is 27.6. The van der Waals surface area contributed by atoms with E-state index in [0.717, 1.165) is 24.3 Å². The quantitative estimate of drug-likeness (QED) is 0.845. The van der Waals surface area contributed by atoms with Crippen LogP contribution in [0.4, 0.5) is 5.69 Å². The zero-order valence-corrected chi connectivity index (χ0v) is 13.0. The van der Waals surface area contributed by atoms with Crippen LogP contribution in [-0.4, -0.2) is 23.7 Å². The van der Waals surface area contributed by atoms with Gasteiger partial charge in [0, 0.05) is 24.3 Å². The highest BCUT2D eigenvalue weighted by atomic mass is 35.5. The summed E-state index contributed by atoms with van der Waals surface area (Å²) in [7, 11) is 0. The van der Waals surface area contributed by atoms with Gasteiger partial charge >= 0.3 is 0 Å². The molecular formula is C16H23ClN2O. The molecule has 2 aliphatic carbocycles. The van der Waals surface area contributed by atoms with E-state index in [9.17, 15) is 0 Å². The molecular weight excluding hydrogens is 272 g/mol. The van der Waals surface area contributed by atoms with E-state index in [0.29, 0.717) is 22.7 Å². The molecule has 1 aromatic rings. The van der Waals surface area contributed by atoms with Crippen molar-refractivity contribution >= 4 is 17.3 Å². The van der Waals surface area contributed by atoms with E-state index >= 15 is 0 Å². The van der Waals surface area contributed by atoms with Crippen molar-refractivity contribution in [3.8, 4) is 0 Å². The minimum atomic E-state index is 0.321. The average Bonchev–Trinajstić information content (AvgIpc) is 2.93. The van der Waals surface area contributed by atoms with Gasteiger partial charge in [-0.05, 0) is 44.7 Å². The van der Waals surface area contributed by atoms with Gasteiger partial charge in [0.15, 0.2) is 5.15 Å². The fourth-order valence-corrected chi connectivity index (χ4v) is 4.22. The topological polar surface area (TPSA) is 34.1 Å². The number of nitrogens with one attached hydrogen (secondary N) is 1. The maximum absolute atomic E-state index is 6.24. The third-order valence-corrected chi connectivity index (χ3v) is 5.41. The van der Waals surface area contributed by atoms with Gasteiger partial charge in [0.2, 0.25) is 0 Å². The SMILES string of the molecule is CCOC1CC(Nc2c(C)ccnc2Cl)C12CCCC2. The van der Waals surface area contributed by atoms with Gasteiger partial charge in [-0.3, -0.25) is 0 Å². The van der Waals surface area contributed by atoms with E-state index in [1.807, 2.05) is 6.07 Å². The van der Waals surface area contributed by atoms with Crippen molar-refractivity contribution in [2.75, 3.05) is 11.9 Å². The number of halogens is 1. The number of pyridine rings is 1. The van der Waals surface area contributed by atoms with Crippen molar-refractivity contribution in [2.24, 2.45) is 5.41 Å². The Balaban J connectivity index is 1.78. The van der Waals surface area contributed by atoms with Crippen LogP contribution in [0, 0.1) is 12.3 Å². The maximum Gasteiger partial charge on any atom is 0.152 e. The molecule has 0 bridgehead atoms. The number of rotatable bonds is 4. The van der Waals surface area contributed by atoms with Gasteiger partial charge in [0.25, 0.3) is 0 Å². The van der Waals surface area contributed by atoms with Crippen molar-refractivity contribution < 1.29 is 4.74 Å². The number of nitrogens with zero attached hydrogens (tertiary/aromatic N) is 1. The summed E-state index contributed by atoms with van der Waals surface area (Å²) in [5, 5.41) is 4.24. The lowest BCUT2D eigenvalue weighted by Crippen LogP contribution is -2.60. The number of hydrogen-bond donors (Lipinski definition) is 1. The molecule has 4 heteroatoms. The second kappa shape index (κ2) is 5.53. The van der Waals surface area contributed by atoms with Crippen LogP contribution in [0.5, 0.6) is 0 Å². The predicted octanol–water partition coefficient (Wildman–Crippen LogP) is 4.19. The molecule has 0 aromatic carbocycles. The van der Waals surface area contributed by atoms with Crippen molar-refractivity contribution in [2.45, 2.75) is 58.1 Å². The molecule has 2 atom stereocenters. The van der Waals surface area contributed by atoms with Crippen molar-refractivity contribution in [1.29, 1.82) is 0 Å². The molecule has 2 unspecified atom stereocenters. The van der Waals surface area contributed by atoms with Gasteiger partial charge in [-0.25, -0.2) is 4.98 Å². The van der Waals surface area contributed by atoms with Crippen molar-refractivity contribution in [1.82, 2.24) is 4.98 Å². The smallest absolute Gasteiger partial charge is 0.152 e. The Labute approximate surface area is 126 Å². The molecule has 1 heterocycles. The van der Waals surface area contributed by atoms with Crippen LogP contribution in [0.25, 0.3) is 0 Å². The summed E-state index contributed by atoms with van der Waals surface area (Å²) in [5.41, 5.74) is 2.49. The molecule has 0 radical (unpaired) electrons. The highest BCUT2D eigenvalue weighted by Crippen LogP contribution is 2.55. The highest BCUT2D eigenvalue weighted by molar-refractivity contribution is 6.32. The van der Waals surface area contributed by atoms with Gasteiger partial charge in [-0.1, -0.05) is 24.4 Å². The summed E-state index contributed by atoms with van der Waals surface area (Å²) in [5.74, 6) is 0. The third kappa shape index (κ3) is 2.21. The second-order valence-electron chi connectivity index (χ2n) is 6.11. The molecule has 110 valence electrons. The minimum Gasteiger partial charge on any atom is -0.379 e. The zero-order chi connectivity index (χ0) is 14.2. The Bertz CT molecular complexity index is 465. The van der Waals surface area contributed by atoms with Gasteiger partial charge < -0.3 is 10.1 Å². The highest BCUT2D eigenvalue weighted by Gasteiger charge is 2.56. The monoisotopic (exact) mass is 294 g/mol. The molecule has 1 aromatic heterocycles. The lowest BCUT2D eigenvalue weighted by molar-refractivity contribution is -0.114. The molecule has 1 N–H and O–H groups in total. The fraction of sp³-hybridized carbons (Fsp3) is 0.688. The number of hydrogen-bond acceptors (Lipinski definition) is 3. The van der Waals surface area contributed by atoms with Crippen LogP contribution in [0.2, 0.25) is 5.15 Å². The molecule has 0 aliphatic heterocycles. The van der Waals surface area contributed by atoms with Crippen LogP contribution in [-0.2, 0) is 4.74 Å². The van der Waals surface area contributed by atoms with Crippen LogP contribution in [0.1, 0.15) is 44.6 Å². The lowest BCUT2D eigenvalue weighted by Gasteiger charge is -2.54. The fourth-order valence-electron chi connectivity index (χ4n) is 3.96. The van der Waals surface area contributed by atoms with Crippen LogP contribution in [0.3, 0.4) is 0 Å². The van der Waals surface area contributed by atoms with E-state index in [2.05, 4.69) is 24.1 Å². The van der Waals surface area contributed by atoms with Crippen molar-refractivity contribution in [3.63, 3.8) is 0 Å². The van der Waals surface area contributed by atoms with Gasteiger partial charge in [0.05, 0.1) is 11.8 Å². The van der Waals surface area contributed by atoms with Crippen LogP contribution >= 0.6 is 11.6 Å². The first kappa shape index (κ1) is 14.2. The van der Waals surface area contributed by atoms with E-state index in [1.54, 1.807) is 6.20 Å². The number of ether oxygens (including phenoxy) is 1.